The van der Waals surface area contributed by atoms with E-state index in [9.17, 15) is 9.59 Å². The number of rotatable bonds is 4. The predicted octanol–water partition coefficient (Wildman–Crippen LogP) is 1.04. The largest absolute Gasteiger partial charge is 0.338 e. The van der Waals surface area contributed by atoms with E-state index < -0.39 is 0 Å². The van der Waals surface area contributed by atoms with Crippen LogP contribution in [0.15, 0.2) is 12.4 Å². The van der Waals surface area contributed by atoms with Gasteiger partial charge < -0.3 is 4.90 Å². The van der Waals surface area contributed by atoms with Crippen molar-refractivity contribution in [3.05, 3.63) is 18.0 Å². The van der Waals surface area contributed by atoms with Crippen molar-refractivity contribution in [1.82, 2.24) is 15.1 Å². The lowest BCUT2D eigenvalue weighted by molar-refractivity contribution is -0.128. The third-order valence-corrected chi connectivity index (χ3v) is 3.79. The fourth-order valence-corrected chi connectivity index (χ4v) is 2.63. The second-order valence-corrected chi connectivity index (χ2v) is 5.45. The summed E-state index contributed by atoms with van der Waals surface area (Å²) in [4.78, 5) is 24.5. The second kappa shape index (κ2) is 5.35. The number of aromatic nitrogens is 2. The first-order valence-electron chi connectivity index (χ1n) is 5.54. The molecule has 17 heavy (non-hydrogen) atoms. The number of H-pyrrole nitrogens is 1. The van der Waals surface area contributed by atoms with E-state index in [0.717, 1.165) is 17.9 Å². The molecule has 92 valence electrons. The van der Waals surface area contributed by atoms with Gasteiger partial charge in [-0.05, 0) is 5.92 Å². The first-order valence-corrected chi connectivity index (χ1v) is 6.52. The minimum absolute atomic E-state index is 0.116. The van der Waals surface area contributed by atoms with Crippen LogP contribution in [0.3, 0.4) is 0 Å². The number of carbonyl (C=O) groups is 2. The predicted molar refractivity (Wildman–Crippen MR) is 65.3 cm³/mol. The van der Waals surface area contributed by atoms with Crippen molar-refractivity contribution >= 4 is 22.8 Å². The maximum absolute atomic E-state index is 11.8. The van der Waals surface area contributed by atoms with Gasteiger partial charge in [-0.15, -0.1) is 0 Å². The Morgan fingerprint density at radius 1 is 1.71 bits per heavy atom. The van der Waals surface area contributed by atoms with Crippen molar-refractivity contribution < 1.29 is 9.59 Å². The van der Waals surface area contributed by atoms with E-state index in [1.807, 2.05) is 4.90 Å². The van der Waals surface area contributed by atoms with Crippen molar-refractivity contribution in [3.8, 4) is 0 Å². The third-order valence-electron chi connectivity index (χ3n) is 2.75. The lowest BCUT2D eigenvalue weighted by atomic mass is 10.1. The molecule has 0 bridgehead atoms. The van der Waals surface area contributed by atoms with Crippen LogP contribution in [0.4, 0.5) is 0 Å². The number of aromatic amines is 1. The van der Waals surface area contributed by atoms with E-state index in [4.69, 9.17) is 0 Å². The molecule has 0 radical (unpaired) electrons. The summed E-state index contributed by atoms with van der Waals surface area (Å²) in [5, 5.41) is 6.71. The van der Waals surface area contributed by atoms with Crippen LogP contribution >= 0.6 is 11.8 Å². The summed E-state index contributed by atoms with van der Waals surface area (Å²) in [6, 6.07) is 0. The fraction of sp³-hybridized carbons (Fsp3) is 0.545. The summed E-state index contributed by atoms with van der Waals surface area (Å²) in [6.45, 7) is 2.91. The maximum Gasteiger partial charge on any atom is 0.223 e. The summed E-state index contributed by atoms with van der Waals surface area (Å²) in [6.07, 6.45) is 4.08. The van der Waals surface area contributed by atoms with Crippen LogP contribution in [0, 0.1) is 5.92 Å². The van der Waals surface area contributed by atoms with Crippen LogP contribution in [0.1, 0.15) is 18.9 Å². The molecule has 2 rings (SSSR count). The number of nitrogens with one attached hydrogen (secondary N) is 1. The van der Waals surface area contributed by atoms with Crippen molar-refractivity contribution in [2.75, 3.05) is 12.3 Å². The van der Waals surface area contributed by atoms with Crippen LogP contribution in [-0.2, 0) is 16.1 Å². The lowest BCUT2D eigenvalue weighted by Gasteiger charge is -2.15. The zero-order chi connectivity index (χ0) is 12.3. The highest BCUT2D eigenvalue weighted by molar-refractivity contribution is 8.13. The Hall–Kier alpha value is -1.30. The lowest BCUT2D eigenvalue weighted by Crippen LogP contribution is -2.24. The van der Waals surface area contributed by atoms with Crippen molar-refractivity contribution in [3.63, 3.8) is 0 Å². The highest BCUT2D eigenvalue weighted by atomic mass is 32.2. The average molecular weight is 253 g/mol. The molecule has 1 aliphatic rings. The van der Waals surface area contributed by atoms with Gasteiger partial charge in [-0.2, -0.15) is 5.10 Å². The molecule has 1 fully saturated rings. The Labute approximate surface area is 104 Å². The highest BCUT2D eigenvalue weighted by Gasteiger charge is 2.29. The number of nitrogens with zero attached hydrogens (tertiary/aromatic N) is 2. The van der Waals surface area contributed by atoms with Gasteiger partial charge in [-0.25, -0.2) is 0 Å². The van der Waals surface area contributed by atoms with Gasteiger partial charge in [-0.3, -0.25) is 14.7 Å². The summed E-state index contributed by atoms with van der Waals surface area (Å²) in [5.74, 6) is 1.20. The zero-order valence-electron chi connectivity index (χ0n) is 9.68. The summed E-state index contributed by atoms with van der Waals surface area (Å²) >= 11 is 1.30. The normalized spacial score (nSPS) is 19.9. The first kappa shape index (κ1) is 12.2. The van der Waals surface area contributed by atoms with Crippen LogP contribution in [0.5, 0.6) is 0 Å². The van der Waals surface area contributed by atoms with E-state index in [-0.39, 0.29) is 11.0 Å². The van der Waals surface area contributed by atoms with Gasteiger partial charge in [0.05, 0.1) is 6.20 Å². The van der Waals surface area contributed by atoms with E-state index in [1.54, 1.807) is 19.3 Å². The highest BCUT2D eigenvalue weighted by Crippen LogP contribution is 2.23. The number of hydrogen-bond acceptors (Lipinski definition) is 4. The zero-order valence-corrected chi connectivity index (χ0v) is 10.5. The van der Waals surface area contributed by atoms with Crippen LogP contribution < -0.4 is 0 Å². The number of hydrogen-bond donors (Lipinski definition) is 1. The molecule has 1 atom stereocenters. The molecule has 1 aromatic heterocycles. The molecule has 6 heteroatoms. The molecule has 1 saturated heterocycles. The summed E-state index contributed by atoms with van der Waals surface area (Å²) in [5.41, 5.74) is 1.01. The Bertz CT molecular complexity index is 405. The maximum atomic E-state index is 11.8. The average Bonchev–Trinajstić information content (AvgIpc) is 2.87. The Morgan fingerprint density at radius 2 is 2.53 bits per heavy atom. The minimum Gasteiger partial charge on any atom is -0.338 e. The van der Waals surface area contributed by atoms with Crippen molar-refractivity contribution in [1.29, 1.82) is 0 Å². The molecule has 1 aliphatic heterocycles. The first-order chi connectivity index (χ1) is 8.15. The van der Waals surface area contributed by atoms with E-state index in [1.165, 1.54) is 11.8 Å². The molecule has 5 nitrogen and oxygen atoms in total. The van der Waals surface area contributed by atoms with Gasteiger partial charge in [0.1, 0.15) is 0 Å². The van der Waals surface area contributed by atoms with Gasteiger partial charge in [0.15, 0.2) is 5.12 Å². The molecule has 0 aromatic carbocycles. The van der Waals surface area contributed by atoms with Gasteiger partial charge >= 0.3 is 0 Å². The van der Waals surface area contributed by atoms with E-state index in [2.05, 4.69) is 10.2 Å². The van der Waals surface area contributed by atoms with Crippen molar-refractivity contribution in [2.24, 2.45) is 5.92 Å². The number of carbonyl (C=O) groups excluding carboxylic acids is 2. The monoisotopic (exact) mass is 253 g/mol. The molecule has 0 spiro atoms. The quantitative estimate of drug-likeness (QED) is 0.870. The second-order valence-electron chi connectivity index (χ2n) is 4.25. The standard InChI is InChI=1S/C11H15N3O2S/c1-8(15)17-7-9-2-11(16)14(5-9)6-10-3-12-13-4-10/h3-4,9H,2,5-7H2,1H3,(H,12,13). The molecular weight excluding hydrogens is 238 g/mol. The molecule has 1 amide bonds. The Kier molecular flexibility index (Phi) is 3.83. The summed E-state index contributed by atoms with van der Waals surface area (Å²) in [7, 11) is 0. The smallest absolute Gasteiger partial charge is 0.223 e. The number of likely N-dealkylation sites (tertiary alicyclic amines) is 1. The molecule has 2 heterocycles. The SMILES string of the molecule is CC(=O)SCC1CC(=O)N(Cc2cn[nH]c2)C1. The Morgan fingerprint density at radius 3 is 3.18 bits per heavy atom. The van der Waals surface area contributed by atoms with Crippen LogP contribution in [-0.4, -0.2) is 38.4 Å². The molecule has 0 aliphatic carbocycles. The fourth-order valence-electron chi connectivity index (χ4n) is 1.94. The molecule has 0 saturated carbocycles. The van der Waals surface area contributed by atoms with Gasteiger partial charge in [0, 0.05) is 43.9 Å². The van der Waals surface area contributed by atoms with Gasteiger partial charge in [-0.1, -0.05) is 11.8 Å². The molecule has 1 aromatic rings. The van der Waals surface area contributed by atoms with Gasteiger partial charge in [0.2, 0.25) is 5.91 Å². The minimum atomic E-state index is 0.116. The van der Waals surface area contributed by atoms with E-state index >= 15 is 0 Å². The molecule has 1 N–H and O–H groups in total. The van der Waals surface area contributed by atoms with Crippen LogP contribution in [0.2, 0.25) is 0 Å². The third kappa shape index (κ3) is 3.33. The number of thioether (sulfide) groups is 1. The Balaban J connectivity index is 1.85. The van der Waals surface area contributed by atoms with E-state index in [0.29, 0.717) is 18.9 Å². The summed E-state index contributed by atoms with van der Waals surface area (Å²) < 4.78 is 0. The topological polar surface area (TPSA) is 66.1 Å². The number of amides is 1. The van der Waals surface area contributed by atoms with Crippen LogP contribution in [0.25, 0.3) is 0 Å². The molecule has 1 unspecified atom stereocenters. The van der Waals surface area contributed by atoms with Gasteiger partial charge in [0.25, 0.3) is 0 Å². The van der Waals surface area contributed by atoms with Crippen molar-refractivity contribution in [2.45, 2.75) is 19.9 Å². The molecular formula is C11H15N3O2S.